The fourth-order valence-corrected chi connectivity index (χ4v) is 0.534. The van der Waals surface area contributed by atoms with Crippen LogP contribution in [-0.4, -0.2) is 42.8 Å². The molecule has 5 nitrogen and oxygen atoms in total. The summed E-state index contributed by atoms with van der Waals surface area (Å²) in [5, 5.41) is 11.8. The van der Waals surface area contributed by atoms with E-state index in [2.05, 4.69) is 5.32 Å². The van der Waals surface area contributed by atoms with Crippen molar-refractivity contribution in [3.63, 3.8) is 0 Å². The normalized spacial score (nSPS) is 10.9. The van der Waals surface area contributed by atoms with E-state index >= 15 is 0 Å². The number of amides is 2. The van der Waals surface area contributed by atoms with Gasteiger partial charge in [-0.15, -0.1) is 0 Å². The molecule has 0 unspecified atom stereocenters. The summed E-state index contributed by atoms with van der Waals surface area (Å²) in [5.41, 5.74) is 0. The number of hydrogen-bond acceptors (Lipinski definition) is 3. The highest BCUT2D eigenvalue weighted by Gasteiger charge is 2.38. The van der Waals surface area contributed by atoms with Gasteiger partial charge in [-0.2, -0.15) is 13.2 Å². The summed E-state index contributed by atoms with van der Waals surface area (Å²) in [6.07, 6.45) is -4.92. The number of alkyl halides is 3. The van der Waals surface area contributed by atoms with Crippen LogP contribution in [0.1, 0.15) is 0 Å². The Bertz CT molecular complexity index is 217. The van der Waals surface area contributed by atoms with Gasteiger partial charge in [0.1, 0.15) is 6.61 Å². The largest absolute Gasteiger partial charge is 0.471 e. The summed E-state index contributed by atoms with van der Waals surface area (Å²) < 4.78 is 34.7. The number of carbonyl (C=O) groups excluding carboxylic acids is 2. The second-order valence-electron chi connectivity index (χ2n) is 2.26. The Morgan fingerprint density at radius 3 is 2.07 bits per heavy atom. The van der Waals surface area contributed by atoms with Crippen molar-refractivity contribution < 1.29 is 27.9 Å². The molecule has 0 aromatic heterocycles. The van der Waals surface area contributed by atoms with Crippen molar-refractivity contribution in [3.8, 4) is 0 Å². The van der Waals surface area contributed by atoms with Crippen molar-refractivity contribution >= 4 is 11.8 Å². The van der Waals surface area contributed by atoms with E-state index in [1.165, 1.54) is 0 Å². The first-order chi connectivity index (χ1) is 6.38. The summed E-state index contributed by atoms with van der Waals surface area (Å²) in [7, 11) is 0. The average molecular weight is 214 g/mol. The molecule has 0 saturated heterocycles. The summed E-state index contributed by atoms with van der Waals surface area (Å²) in [5.74, 6) is -2.78. The van der Waals surface area contributed by atoms with Crippen LogP contribution in [0.25, 0.3) is 0 Å². The van der Waals surface area contributed by atoms with Crippen LogP contribution in [0.3, 0.4) is 0 Å². The lowest BCUT2D eigenvalue weighted by molar-refractivity contribution is -0.173. The second kappa shape index (κ2) is 5.43. The zero-order valence-electron chi connectivity index (χ0n) is 7.02. The molecule has 0 radical (unpaired) electrons. The average Bonchev–Trinajstić information content (AvgIpc) is 2.09. The van der Waals surface area contributed by atoms with Gasteiger partial charge in [-0.05, 0) is 0 Å². The van der Waals surface area contributed by atoms with Crippen LogP contribution in [0.4, 0.5) is 13.2 Å². The van der Waals surface area contributed by atoms with Gasteiger partial charge in [0.15, 0.2) is 0 Å². The van der Waals surface area contributed by atoms with Gasteiger partial charge in [-0.1, -0.05) is 0 Å². The van der Waals surface area contributed by atoms with E-state index in [9.17, 15) is 22.8 Å². The molecule has 3 N–H and O–H groups in total. The molecule has 0 aliphatic heterocycles. The Labute approximate surface area is 77.3 Å². The van der Waals surface area contributed by atoms with E-state index in [-0.39, 0.29) is 13.1 Å². The van der Waals surface area contributed by atoms with Gasteiger partial charge >= 0.3 is 12.1 Å². The molecule has 0 aliphatic rings. The van der Waals surface area contributed by atoms with E-state index in [4.69, 9.17) is 5.11 Å². The lowest BCUT2D eigenvalue weighted by Gasteiger charge is -2.07. The summed E-state index contributed by atoms with van der Waals surface area (Å²) in [4.78, 5) is 20.5. The van der Waals surface area contributed by atoms with Crippen LogP contribution in [0, 0.1) is 0 Å². The molecule has 0 aromatic rings. The Balaban J connectivity index is 3.56. The highest BCUT2D eigenvalue weighted by atomic mass is 19.4. The molecule has 0 atom stereocenters. The fourth-order valence-electron chi connectivity index (χ4n) is 0.534. The minimum absolute atomic E-state index is 0.165. The van der Waals surface area contributed by atoms with Crippen molar-refractivity contribution in [2.45, 2.75) is 6.18 Å². The number of nitrogens with one attached hydrogen (secondary N) is 2. The van der Waals surface area contributed by atoms with Crippen LogP contribution in [-0.2, 0) is 9.59 Å². The molecule has 0 aromatic carbocycles. The third-order valence-corrected chi connectivity index (χ3v) is 1.13. The maximum absolute atomic E-state index is 11.6. The molecule has 0 spiro atoms. The molecule has 8 heteroatoms. The smallest absolute Gasteiger partial charge is 0.387 e. The van der Waals surface area contributed by atoms with Crippen molar-refractivity contribution in [1.29, 1.82) is 0 Å². The van der Waals surface area contributed by atoms with Gasteiger partial charge in [-0.3, -0.25) is 9.59 Å². The maximum atomic E-state index is 11.6. The lowest BCUT2D eigenvalue weighted by Crippen LogP contribution is -2.41. The summed E-state index contributed by atoms with van der Waals surface area (Å²) >= 11 is 0. The van der Waals surface area contributed by atoms with Gasteiger partial charge in [0.25, 0.3) is 0 Å². The molecular formula is C6H9F3N2O3. The predicted molar refractivity (Wildman–Crippen MR) is 39.2 cm³/mol. The van der Waals surface area contributed by atoms with Crippen molar-refractivity contribution in [2.24, 2.45) is 0 Å². The Hall–Kier alpha value is -1.31. The maximum Gasteiger partial charge on any atom is 0.471 e. The Morgan fingerprint density at radius 2 is 1.64 bits per heavy atom. The monoisotopic (exact) mass is 214 g/mol. The first-order valence-corrected chi connectivity index (χ1v) is 3.60. The van der Waals surface area contributed by atoms with Crippen LogP contribution in [0.15, 0.2) is 0 Å². The van der Waals surface area contributed by atoms with E-state index in [1.54, 1.807) is 5.32 Å². The SMILES string of the molecule is O=C(CO)NCCNC(=O)C(F)(F)F. The standard InChI is InChI=1S/C6H9F3N2O3/c7-6(8,9)5(14)11-2-1-10-4(13)3-12/h12H,1-3H2,(H,10,13)(H,11,14). The Morgan fingerprint density at radius 1 is 1.14 bits per heavy atom. The molecule has 82 valence electrons. The molecule has 14 heavy (non-hydrogen) atoms. The number of rotatable bonds is 4. The zero-order chi connectivity index (χ0) is 11.2. The minimum Gasteiger partial charge on any atom is -0.387 e. The fraction of sp³-hybridized carbons (Fsp3) is 0.667. The van der Waals surface area contributed by atoms with E-state index in [0.717, 1.165) is 0 Å². The molecular weight excluding hydrogens is 205 g/mol. The minimum atomic E-state index is -4.92. The summed E-state index contributed by atoms with van der Waals surface area (Å²) in [6.45, 7) is -1.25. The predicted octanol–water partition coefficient (Wildman–Crippen LogP) is -1.23. The van der Waals surface area contributed by atoms with Gasteiger partial charge in [0.05, 0.1) is 0 Å². The number of aliphatic hydroxyl groups is 1. The van der Waals surface area contributed by atoms with Crippen molar-refractivity contribution in [3.05, 3.63) is 0 Å². The molecule has 0 rings (SSSR count). The lowest BCUT2D eigenvalue weighted by atomic mass is 10.5. The quantitative estimate of drug-likeness (QED) is 0.513. The molecule has 2 amide bonds. The van der Waals surface area contributed by atoms with E-state index in [0.29, 0.717) is 0 Å². The Kier molecular flexibility index (Phi) is 4.92. The van der Waals surface area contributed by atoms with E-state index in [1.807, 2.05) is 0 Å². The molecule has 0 aliphatic carbocycles. The number of halogens is 3. The van der Waals surface area contributed by atoms with Crippen molar-refractivity contribution in [1.82, 2.24) is 10.6 Å². The second-order valence-corrected chi connectivity index (χ2v) is 2.26. The van der Waals surface area contributed by atoms with Crippen LogP contribution < -0.4 is 10.6 Å². The van der Waals surface area contributed by atoms with E-state index < -0.39 is 24.6 Å². The molecule has 0 heterocycles. The molecule has 0 bridgehead atoms. The van der Waals surface area contributed by atoms with Gasteiger partial charge in [0, 0.05) is 13.1 Å². The summed E-state index contributed by atoms with van der Waals surface area (Å²) in [6, 6.07) is 0. The van der Waals surface area contributed by atoms with Crippen LogP contribution >= 0.6 is 0 Å². The number of aliphatic hydroxyl groups excluding tert-OH is 1. The third-order valence-electron chi connectivity index (χ3n) is 1.13. The first-order valence-electron chi connectivity index (χ1n) is 3.60. The highest BCUT2D eigenvalue weighted by molar-refractivity contribution is 5.81. The van der Waals surface area contributed by atoms with Crippen molar-refractivity contribution in [2.75, 3.05) is 19.7 Å². The zero-order valence-corrected chi connectivity index (χ0v) is 7.02. The van der Waals surface area contributed by atoms with Gasteiger partial charge < -0.3 is 15.7 Å². The highest BCUT2D eigenvalue weighted by Crippen LogP contribution is 2.13. The first kappa shape index (κ1) is 12.7. The molecule has 0 fully saturated rings. The van der Waals surface area contributed by atoms with Gasteiger partial charge in [0.2, 0.25) is 5.91 Å². The molecule has 0 saturated carbocycles. The topological polar surface area (TPSA) is 78.4 Å². The number of carbonyl (C=O) groups is 2. The van der Waals surface area contributed by atoms with Gasteiger partial charge in [-0.25, -0.2) is 0 Å². The van der Waals surface area contributed by atoms with Crippen LogP contribution in [0.2, 0.25) is 0 Å². The van der Waals surface area contributed by atoms with Crippen LogP contribution in [0.5, 0.6) is 0 Å². The third kappa shape index (κ3) is 5.36. The number of hydrogen-bond donors (Lipinski definition) is 3.